The molecule has 0 spiro atoms. The van der Waals surface area contributed by atoms with Gasteiger partial charge in [0.1, 0.15) is 5.75 Å². The van der Waals surface area contributed by atoms with Crippen molar-refractivity contribution in [2.45, 2.75) is 19.5 Å². The number of benzene rings is 3. The van der Waals surface area contributed by atoms with Crippen molar-refractivity contribution >= 4 is 28.9 Å². The molecule has 0 saturated heterocycles. The topological polar surface area (TPSA) is 73.7 Å². The van der Waals surface area contributed by atoms with Crippen molar-refractivity contribution in [1.82, 2.24) is 9.55 Å². The fraction of sp³-hybridized carbons (Fsp3) is 0.222. The van der Waals surface area contributed by atoms with E-state index in [0.29, 0.717) is 18.2 Å². The third-order valence-electron chi connectivity index (χ3n) is 6.10. The summed E-state index contributed by atoms with van der Waals surface area (Å²) in [6.07, 6.45) is 0. The third kappa shape index (κ3) is 3.69. The second-order valence-corrected chi connectivity index (χ2v) is 8.13. The summed E-state index contributed by atoms with van der Waals surface area (Å²) in [6.45, 7) is 2.22. The van der Waals surface area contributed by atoms with Crippen LogP contribution in [0.5, 0.6) is 5.75 Å². The van der Waals surface area contributed by atoms with E-state index >= 15 is 0 Å². The maximum Gasteiger partial charge on any atom is 0.321 e. The van der Waals surface area contributed by atoms with Gasteiger partial charge < -0.3 is 14.0 Å². The van der Waals surface area contributed by atoms with E-state index in [1.165, 1.54) is 0 Å². The molecule has 0 radical (unpaired) electrons. The molecule has 0 saturated carbocycles. The van der Waals surface area contributed by atoms with Crippen LogP contribution >= 0.6 is 0 Å². The number of carbonyl (C=O) groups excluding carboxylic acids is 2. The van der Waals surface area contributed by atoms with E-state index in [2.05, 4.69) is 0 Å². The number of rotatable bonds is 6. The molecule has 34 heavy (non-hydrogen) atoms. The van der Waals surface area contributed by atoms with Crippen LogP contribution in [-0.4, -0.2) is 35.1 Å². The number of aromatic nitrogens is 2. The highest BCUT2D eigenvalue weighted by molar-refractivity contribution is 6.08. The Morgan fingerprint density at radius 1 is 1.00 bits per heavy atom. The van der Waals surface area contributed by atoms with Crippen molar-refractivity contribution in [3.05, 3.63) is 90.0 Å². The number of ether oxygens (including phenoxy) is 2. The molecule has 0 fully saturated rings. The summed E-state index contributed by atoms with van der Waals surface area (Å²) in [6, 6.07) is 24.2. The number of imidazole rings is 1. The Labute approximate surface area is 197 Å². The second-order valence-electron chi connectivity index (χ2n) is 8.13. The highest BCUT2D eigenvalue weighted by Crippen LogP contribution is 2.42. The van der Waals surface area contributed by atoms with Crippen molar-refractivity contribution in [3.8, 4) is 5.75 Å². The van der Waals surface area contributed by atoms with Crippen LogP contribution in [0.4, 0.5) is 5.95 Å². The molecule has 1 aliphatic rings. The third-order valence-corrected chi connectivity index (χ3v) is 6.10. The molecule has 7 heteroatoms. The van der Waals surface area contributed by atoms with Crippen LogP contribution in [0, 0.1) is 5.92 Å². The minimum atomic E-state index is -1.07. The molecule has 0 bridgehead atoms. The molecule has 172 valence electrons. The van der Waals surface area contributed by atoms with Crippen LogP contribution in [-0.2, 0) is 20.9 Å². The van der Waals surface area contributed by atoms with Crippen molar-refractivity contribution in [2.75, 3.05) is 18.6 Å². The molecule has 1 amide bonds. The Kier molecular flexibility index (Phi) is 5.76. The fourth-order valence-corrected chi connectivity index (χ4v) is 4.59. The van der Waals surface area contributed by atoms with E-state index in [1.807, 2.05) is 83.4 Å². The Balaban J connectivity index is 1.75. The lowest BCUT2D eigenvalue weighted by molar-refractivity contribution is -0.153. The van der Waals surface area contributed by atoms with Crippen LogP contribution in [0.25, 0.3) is 11.0 Å². The molecule has 2 atom stereocenters. The first kappa shape index (κ1) is 21.7. The highest BCUT2D eigenvalue weighted by atomic mass is 16.5. The molecule has 0 aliphatic carbocycles. The van der Waals surface area contributed by atoms with E-state index in [-0.39, 0.29) is 12.5 Å². The van der Waals surface area contributed by atoms with Crippen LogP contribution in [0.2, 0.25) is 0 Å². The summed E-state index contributed by atoms with van der Waals surface area (Å²) in [7, 11) is 1.59. The summed E-state index contributed by atoms with van der Waals surface area (Å²) >= 11 is 0. The van der Waals surface area contributed by atoms with E-state index in [1.54, 1.807) is 18.9 Å². The standard InChI is InChI=1S/C27H25N3O4/c1-3-34-26(32)23-24(19-12-9-13-20(16-19)33-2)30-22-15-8-7-14-21(22)28-27(30)29(25(23)31)17-18-10-5-4-6-11-18/h4-16,23-24H,3,17H2,1-2H3/t23-,24-/m1/s1. The first-order valence-corrected chi connectivity index (χ1v) is 11.2. The minimum Gasteiger partial charge on any atom is -0.497 e. The predicted octanol–water partition coefficient (Wildman–Crippen LogP) is 4.36. The zero-order valence-corrected chi connectivity index (χ0v) is 19.0. The molecule has 3 aromatic carbocycles. The number of esters is 1. The maximum atomic E-state index is 14.0. The lowest BCUT2D eigenvalue weighted by Gasteiger charge is -2.38. The maximum absolute atomic E-state index is 14.0. The van der Waals surface area contributed by atoms with Gasteiger partial charge in [-0.25, -0.2) is 4.98 Å². The second kappa shape index (κ2) is 9.02. The molecule has 1 aliphatic heterocycles. The first-order valence-electron chi connectivity index (χ1n) is 11.2. The Morgan fingerprint density at radius 3 is 2.53 bits per heavy atom. The van der Waals surface area contributed by atoms with Gasteiger partial charge in [-0.2, -0.15) is 0 Å². The average Bonchev–Trinajstić information content (AvgIpc) is 3.25. The zero-order chi connectivity index (χ0) is 23.7. The summed E-state index contributed by atoms with van der Waals surface area (Å²) in [4.78, 5) is 33.7. The molecule has 2 heterocycles. The smallest absolute Gasteiger partial charge is 0.321 e. The number of methoxy groups -OCH3 is 1. The van der Waals surface area contributed by atoms with Crippen molar-refractivity contribution in [1.29, 1.82) is 0 Å². The van der Waals surface area contributed by atoms with Crippen molar-refractivity contribution < 1.29 is 19.1 Å². The normalized spacial score (nSPS) is 17.5. The van der Waals surface area contributed by atoms with Crippen molar-refractivity contribution in [3.63, 3.8) is 0 Å². The molecule has 0 N–H and O–H groups in total. The Morgan fingerprint density at radius 2 is 1.76 bits per heavy atom. The number of amides is 1. The van der Waals surface area contributed by atoms with Gasteiger partial charge in [0.25, 0.3) is 0 Å². The van der Waals surface area contributed by atoms with Gasteiger partial charge in [0.15, 0.2) is 5.92 Å². The van der Waals surface area contributed by atoms with Gasteiger partial charge in [-0.1, -0.05) is 54.6 Å². The van der Waals surface area contributed by atoms with Crippen LogP contribution in [0.3, 0.4) is 0 Å². The quantitative estimate of drug-likeness (QED) is 0.319. The first-order chi connectivity index (χ1) is 16.6. The minimum absolute atomic E-state index is 0.184. The summed E-state index contributed by atoms with van der Waals surface area (Å²) in [5, 5.41) is 0. The molecule has 7 nitrogen and oxygen atoms in total. The number of nitrogens with zero attached hydrogens (tertiary/aromatic N) is 3. The monoisotopic (exact) mass is 455 g/mol. The summed E-state index contributed by atoms with van der Waals surface area (Å²) < 4.78 is 12.8. The molecule has 0 unspecified atom stereocenters. The van der Waals surface area contributed by atoms with Crippen LogP contribution < -0.4 is 9.64 Å². The highest BCUT2D eigenvalue weighted by Gasteiger charge is 2.47. The number of anilines is 1. The molecular weight excluding hydrogens is 430 g/mol. The van der Waals surface area contributed by atoms with E-state index in [4.69, 9.17) is 14.5 Å². The average molecular weight is 456 g/mol. The Hall–Kier alpha value is -4.13. The van der Waals surface area contributed by atoms with Gasteiger partial charge in [0.2, 0.25) is 11.9 Å². The number of para-hydroxylation sites is 2. The van der Waals surface area contributed by atoms with Gasteiger partial charge in [-0.05, 0) is 42.3 Å². The van der Waals surface area contributed by atoms with Gasteiger partial charge in [0.05, 0.1) is 37.3 Å². The number of hydrogen-bond donors (Lipinski definition) is 0. The van der Waals surface area contributed by atoms with E-state index in [9.17, 15) is 9.59 Å². The number of fused-ring (bicyclic) bond motifs is 3. The molecular formula is C27H25N3O4. The lowest BCUT2D eigenvalue weighted by atomic mass is 9.89. The van der Waals surface area contributed by atoms with Gasteiger partial charge in [0, 0.05) is 0 Å². The Bertz CT molecular complexity index is 1350. The SMILES string of the molecule is CCOC(=O)[C@H]1C(=O)N(Cc2ccccc2)c2nc3ccccc3n2[C@@H]1c1cccc(OC)c1. The largest absolute Gasteiger partial charge is 0.497 e. The molecule has 5 rings (SSSR count). The molecule has 1 aromatic heterocycles. The van der Waals surface area contributed by atoms with E-state index in [0.717, 1.165) is 22.2 Å². The van der Waals surface area contributed by atoms with Gasteiger partial charge >= 0.3 is 5.97 Å². The van der Waals surface area contributed by atoms with Crippen LogP contribution in [0.15, 0.2) is 78.9 Å². The van der Waals surface area contributed by atoms with Crippen molar-refractivity contribution in [2.24, 2.45) is 5.92 Å². The van der Waals surface area contributed by atoms with Crippen LogP contribution in [0.1, 0.15) is 24.1 Å². The van der Waals surface area contributed by atoms with Gasteiger partial charge in [-0.15, -0.1) is 0 Å². The zero-order valence-electron chi connectivity index (χ0n) is 19.0. The summed E-state index contributed by atoms with van der Waals surface area (Å²) in [5.74, 6) is -0.811. The van der Waals surface area contributed by atoms with E-state index < -0.39 is 17.9 Å². The number of hydrogen-bond acceptors (Lipinski definition) is 5. The summed E-state index contributed by atoms with van der Waals surface area (Å²) in [5.41, 5.74) is 3.30. The predicted molar refractivity (Wildman–Crippen MR) is 129 cm³/mol. The number of carbonyl (C=O) groups is 2. The lowest BCUT2D eigenvalue weighted by Crippen LogP contribution is -2.49. The molecule has 4 aromatic rings. The van der Waals surface area contributed by atoms with Gasteiger partial charge in [-0.3, -0.25) is 14.5 Å². The fourth-order valence-electron chi connectivity index (χ4n) is 4.59.